The van der Waals surface area contributed by atoms with Gasteiger partial charge in [-0.1, -0.05) is 6.92 Å². The smallest absolute Gasteiger partial charge is 0.120 e. The Morgan fingerprint density at radius 1 is 1.69 bits per heavy atom. The minimum Gasteiger partial charge on any atom is -0.468 e. The van der Waals surface area contributed by atoms with E-state index in [1.165, 1.54) is 0 Å². The maximum absolute atomic E-state index is 8.73. The van der Waals surface area contributed by atoms with Crippen LogP contribution in [-0.4, -0.2) is 6.04 Å². The molecule has 1 aromatic heterocycles. The molecule has 1 unspecified atom stereocenters. The van der Waals surface area contributed by atoms with Crippen molar-refractivity contribution in [3.63, 3.8) is 0 Å². The van der Waals surface area contributed by atoms with Crippen molar-refractivity contribution in [2.75, 3.05) is 0 Å². The minimum absolute atomic E-state index is 0.0969. The number of nitrogens with zero attached hydrogens (tertiary/aromatic N) is 1. The van der Waals surface area contributed by atoms with Crippen molar-refractivity contribution < 1.29 is 4.42 Å². The molecular formula is C10H14N2O. The fraction of sp³-hybridized carbons (Fsp3) is 0.500. The summed E-state index contributed by atoms with van der Waals surface area (Å²) in [5.41, 5.74) is 0. The third kappa shape index (κ3) is 2.60. The molecule has 0 saturated carbocycles. The van der Waals surface area contributed by atoms with Gasteiger partial charge in [0.05, 0.1) is 24.4 Å². The van der Waals surface area contributed by atoms with Crippen LogP contribution in [0, 0.1) is 11.3 Å². The van der Waals surface area contributed by atoms with Gasteiger partial charge in [0.2, 0.25) is 0 Å². The van der Waals surface area contributed by atoms with Gasteiger partial charge < -0.3 is 4.42 Å². The normalized spacial score (nSPS) is 14.8. The molecule has 0 bridgehead atoms. The van der Waals surface area contributed by atoms with E-state index in [1.54, 1.807) is 6.26 Å². The van der Waals surface area contributed by atoms with Crippen LogP contribution in [0.3, 0.4) is 0 Å². The van der Waals surface area contributed by atoms with E-state index in [-0.39, 0.29) is 12.1 Å². The lowest BCUT2D eigenvalue weighted by Crippen LogP contribution is -2.29. The van der Waals surface area contributed by atoms with E-state index in [0.29, 0.717) is 0 Å². The Bertz CT molecular complexity index is 274. The number of nitrogens with one attached hydrogen (secondary N) is 1. The predicted molar refractivity (Wildman–Crippen MR) is 50.0 cm³/mol. The Morgan fingerprint density at radius 2 is 2.46 bits per heavy atom. The van der Waals surface area contributed by atoms with Gasteiger partial charge in [-0.3, -0.25) is 5.32 Å². The second kappa shape index (κ2) is 4.68. The molecule has 70 valence electrons. The van der Waals surface area contributed by atoms with Crippen LogP contribution in [0.2, 0.25) is 0 Å². The van der Waals surface area contributed by atoms with Gasteiger partial charge in [0.1, 0.15) is 5.76 Å². The van der Waals surface area contributed by atoms with Gasteiger partial charge in [-0.15, -0.1) is 0 Å². The summed E-state index contributed by atoms with van der Waals surface area (Å²) in [5, 5.41) is 11.9. The molecule has 0 aliphatic rings. The monoisotopic (exact) mass is 178 g/mol. The summed E-state index contributed by atoms with van der Waals surface area (Å²) in [6, 6.07) is 5.94. The average molecular weight is 178 g/mol. The van der Waals surface area contributed by atoms with Crippen LogP contribution in [0.4, 0.5) is 0 Å². The van der Waals surface area contributed by atoms with Crippen molar-refractivity contribution in [1.82, 2.24) is 5.32 Å². The second-order valence-electron chi connectivity index (χ2n) is 2.99. The standard InChI is InChI=1S/C10H14N2O/c1-3-9(7-11)12-8(2)10-5-4-6-13-10/h4-6,8-9,12H,3H2,1-2H3/t8-,9?/m0/s1. The van der Waals surface area contributed by atoms with Crippen LogP contribution in [0.1, 0.15) is 32.1 Å². The molecular weight excluding hydrogens is 164 g/mol. The zero-order valence-corrected chi connectivity index (χ0v) is 7.95. The summed E-state index contributed by atoms with van der Waals surface area (Å²) in [6.07, 6.45) is 2.45. The lowest BCUT2D eigenvalue weighted by molar-refractivity contribution is 0.410. The van der Waals surface area contributed by atoms with Crippen LogP contribution >= 0.6 is 0 Å². The van der Waals surface area contributed by atoms with E-state index in [4.69, 9.17) is 9.68 Å². The Balaban J connectivity index is 2.51. The van der Waals surface area contributed by atoms with Crippen LogP contribution in [0.25, 0.3) is 0 Å². The summed E-state index contributed by atoms with van der Waals surface area (Å²) >= 11 is 0. The summed E-state index contributed by atoms with van der Waals surface area (Å²) in [5.74, 6) is 0.869. The van der Waals surface area contributed by atoms with Gasteiger partial charge in [-0.25, -0.2) is 0 Å². The van der Waals surface area contributed by atoms with E-state index in [0.717, 1.165) is 12.2 Å². The summed E-state index contributed by atoms with van der Waals surface area (Å²) < 4.78 is 5.21. The molecule has 0 fully saturated rings. The molecule has 2 atom stereocenters. The molecule has 1 N–H and O–H groups in total. The Morgan fingerprint density at radius 3 is 2.92 bits per heavy atom. The maximum Gasteiger partial charge on any atom is 0.120 e. The van der Waals surface area contributed by atoms with Gasteiger partial charge in [0.25, 0.3) is 0 Å². The summed E-state index contributed by atoms with van der Waals surface area (Å²) in [7, 11) is 0. The SMILES string of the molecule is CCC(C#N)N[C@@H](C)c1ccco1. The van der Waals surface area contributed by atoms with Crippen LogP contribution in [0.15, 0.2) is 22.8 Å². The molecule has 0 aliphatic heterocycles. The number of hydrogen-bond donors (Lipinski definition) is 1. The van der Waals surface area contributed by atoms with Gasteiger partial charge in [-0.2, -0.15) is 5.26 Å². The van der Waals surface area contributed by atoms with Crippen molar-refractivity contribution in [3.8, 4) is 6.07 Å². The van der Waals surface area contributed by atoms with E-state index >= 15 is 0 Å². The molecule has 1 heterocycles. The third-order valence-electron chi connectivity index (χ3n) is 1.99. The van der Waals surface area contributed by atoms with Crippen LogP contribution in [0.5, 0.6) is 0 Å². The quantitative estimate of drug-likeness (QED) is 0.769. The highest BCUT2D eigenvalue weighted by Crippen LogP contribution is 2.13. The largest absolute Gasteiger partial charge is 0.468 e. The van der Waals surface area contributed by atoms with Gasteiger partial charge in [-0.05, 0) is 25.5 Å². The first-order valence-corrected chi connectivity index (χ1v) is 4.47. The van der Waals surface area contributed by atoms with Crippen molar-refractivity contribution in [3.05, 3.63) is 24.2 Å². The molecule has 0 spiro atoms. The lowest BCUT2D eigenvalue weighted by atomic mass is 10.2. The number of hydrogen-bond acceptors (Lipinski definition) is 3. The van der Waals surface area contributed by atoms with E-state index < -0.39 is 0 Å². The van der Waals surface area contributed by atoms with Gasteiger partial charge >= 0.3 is 0 Å². The molecule has 3 heteroatoms. The van der Waals surface area contributed by atoms with Crippen LogP contribution in [-0.2, 0) is 0 Å². The first-order chi connectivity index (χ1) is 6.27. The molecule has 1 aromatic rings. The molecule has 3 nitrogen and oxygen atoms in total. The molecule has 0 aliphatic carbocycles. The van der Waals surface area contributed by atoms with Crippen molar-refractivity contribution >= 4 is 0 Å². The van der Waals surface area contributed by atoms with Crippen LogP contribution < -0.4 is 5.32 Å². The predicted octanol–water partition coefficient (Wildman–Crippen LogP) is 2.23. The van der Waals surface area contributed by atoms with Gasteiger partial charge in [0.15, 0.2) is 0 Å². The van der Waals surface area contributed by atoms with Gasteiger partial charge in [0, 0.05) is 0 Å². The summed E-state index contributed by atoms with van der Waals surface area (Å²) in [6.45, 7) is 3.97. The second-order valence-corrected chi connectivity index (χ2v) is 2.99. The number of rotatable bonds is 4. The Labute approximate surface area is 78.4 Å². The Kier molecular flexibility index (Phi) is 3.53. The minimum atomic E-state index is -0.0971. The highest BCUT2D eigenvalue weighted by atomic mass is 16.3. The molecule has 0 saturated heterocycles. The number of furan rings is 1. The first-order valence-electron chi connectivity index (χ1n) is 4.47. The third-order valence-corrected chi connectivity index (χ3v) is 1.99. The van der Waals surface area contributed by atoms with E-state index in [2.05, 4.69) is 11.4 Å². The Hall–Kier alpha value is -1.27. The molecule has 1 rings (SSSR count). The topological polar surface area (TPSA) is 49.0 Å². The fourth-order valence-corrected chi connectivity index (χ4v) is 1.17. The zero-order chi connectivity index (χ0) is 9.68. The van der Waals surface area contributed by atoms with E-state index in [1.807, 2.05) is 26.0 Å². The fourth-order valence-electron chi connectivity index (χ4n) is 1.17. The molecule has 0 aromatic carbocycles. The zero-order valence-electron chi connectivity index (χ0n) is 7.95. The van der Waals surface area contributed by atoms with Crippen molar-refractivity contribution in [2.24, 2.45) is 0 Å². The molecule has 0 radical (unpaired) electrons. The van der Waals surface area contributed by atoms with Crippen molar-refractivity contribution in [1.29, 1.82) is 5.26 Å². The average Bonchev–Trinajstić information content (AvgIpc) is 2.66. The molecule has 13 heavy (non-hydrogen) atoms. The highest BCUT2D eigenvalue weighted by Gasteiger charge is 2.12. The molecule has 0 amide bonds. The van der Waals surface area contributed by atoms with Crippen molar-refractivity contribution in [2.45, 2.75) is 32.4 Å². The number of nitriles is 1. The first kappa shape index (κ1) is 9.82. The maximum atomic E-state index is 8.73. The summed E-state index contributed by atoms with van der Waals surface area (Å²) in [4.78, 5) is 0. The lowest BCUT2D eigenvalue weighted by Gasteiger charge is -2.14. The highest BCUT2D eigenvalue weighted by molar-refractivity contribution is 5.05. The van der Waals surface area contributed by atoms with E-state index in [9.17, 15) is 0 Å².